The molecule has 1 N–H and O–H groups in total. The van der Waals surface area contributed by atoms with Crippen molar-refractivity contribution in [3.8, 4) is 0 Å². The van der Waals surface area contributed by atoms with E-state index in [1.54, 1.807) is 35.2 Å². The first-order valence-electron chi connectivity index (χ1n) is 12.3. The molecule has 0 unspecified atom stereocenters. The predicted octanol–water partition coefficient (Wildman–Crippen LogP) is 8.09. The van der Waals surface area contributed by atoms with E-state index in [1.165, 1.54) is 11.8 Å². The molecule has 0 aliphatic rings. The first kappa shape index (κ1) is 30.6. The number of carbonyl (C=O) groups excluding carboxylic acids is 2. The quantitative estimate of drug-likeness (QED) is 0.225. The van der Waals surface area contributed by atoms with Crippen LogP contribution in [0.1, 0.15) is 37.0 Å². The number of benzene rings is 3. The van der Waals surface area contributed by atoms with Gasteiger partial charge >= 0.3 is 0 Å². The van der Waals surface area contributed by atoms with E-state index < -0.39 is 6.04 Å². The lowest BCUT2D eigenvalue weighted by Crippen LogP contribution is -2.52. The Morgan fingerprint density at radius 3 is 2.18 bits per heavy atom. The van der Waals surface area contributed by atoms with Crippen molar-refractivity contribution in [3.63, 3.8) is 0 Å². The summed E-state index contributed by atoms with van der Waals surface area (Å²) in [5.41, 5.74) is 2.51. The summed E-state index contributed by atoms with van der Waals surface area (Å²) in [7, 11) is 0. The second-order valence-electron chi connectivity index (χ2n) is 8.99. The molecule has 9 heteroatoms. The third kappa shape index (κ3) is 8.82. The number of carbonyl (C=O) groups is 2. The van der Waals surface area contributed by atoms with Crippen LogP contribution in [0.25, 0.3) is 0 Å². The van der Waals surface area contributed by atoms with Gasteiger partial charge in [-0.3, -0.25) is 9.59 Å². The molecule has 4 nitrogen and oxygen atoms in total. The fourth-order valence-corrected chi connectivity index (χ4v) is 5.79. The lowest BCUT2D eigenvalue weighted by molar-refractivity contribution is -0.139. The van der Waals surface area contributed by atoms with E-state index in [0.29, 0.717) is 32.3 Å². The van der Waals surface area contributed by atoms with E-state index in [-0.39, 0.29) is 30.2 Å². The Balaban J connectivity index is 1.90. The Hall–Kier alpha value is -1.89. The molecule has 0 saturated heterocycles. The molecular weight excluding hydrogens is 582 g/mol. The highest BCUT2D eigenvalue weighted by atomic mass is 35.5. The average Bonchev–Trinajstić information content (AvgIpc) is 2.90. The van der Waals surface area contributed by atoms with Crippen LogP contribution in [0, 0.1) is 0 Å². The van der Waals surface area contributed by atoms with Gasteiger partial charge in [0.15, 0.2) is 0 Å². The van der Waals surface area contributed by atoms with Gasteiger partial charge in [0.1, 0.15) is 6.04 Å². The summed E-state index contributed by atoms with van der Waals surface area (Å²) in [5, 5.41) is 5.00. The minimum atomic E-state index is -0.724. The highest BCUT2D eigenvalue weighted by Gasteiger charge is 2.31. The molecule has 3 rings (SSSR count). The van der Waals surface area contributed by atoms with Crippen molar-refractivity contribution < 1.29 is 9.59 Å². The van der Waals surface area contributed by atoms with Gasteiger partial charge in [-0.2, -0.15) is 0 Å². The number of halogens is 4. The average molecular weight is 612 g/mol. The molecule has 0 fully saturated rings. The number of thioether (sulfide) groups is 1. The van der Waals surface area contributed by atoms with Gasteiger partial charge in [-0.05, 0) is 54.3 Å². The third-order valence-corrected chi connectivity index (χ3v) is 8.53. The van der Waals surface area contributed by atoms with Crippen LogP contribution in [0.3, 0.4) is 0 Å². The monoisotopic (exact) mass is 610 g/mol. The van der Waals surface area contributed by atoms with Crippen LogP contribution in [-0.2, 0) is 28.3 Å². The molecule has 0 bridgehead atoms. The lowest BCUT2D eigenvalue weighted by atomic mass is 10.0. The first-order chi connectivity index (χ1) is 18.2. The Kier molecular flexibility index (Phi) is 12.1. The summed E-state index contributed by atoms with van der Waals surface area (Å²) in [6.07, 6.45) is 1.15. The van der Waals surface area contributed by atoms with Crippen LogP contribution < -0.4 is 5.32 Å². The summed E-state index contributed by atoms with van der Waals surface area (Å²) < 4.78 is 0. The van der Waals surface area contributed by atoms with E-state index in [9.17, 15) is 9.59 Å². The van der Waals surface area contributed by atoms with E-state index in [2.05, 4.69) is 5.32 Å². The topological polar surface area (TPSA) is 49.4 Å². The number of hydrogen-bond donors (Lipinski definition) is 1. The number of nitrogens with zero attached hydrogens (tertiary/aromatic N) is 1. The van der Waals surface area contributed by atoms with Crippen LogP contribution in [0.5, 0.6) is 0 Å². The molecule has 202 valence electrons. The summed E-state index contributed by atoms with van der Waals surface area (Å²) in [6, 6.07) is 19.5. The maximum atomic E-state index is 13.8. The maximum absolute atomic E-state index is 13.8. The minimum Gasteiger partial charge on any atom is -0.352 e. The molecule has 2 atom stereocenters. The Bertz CT molecular complexity index is 1220. The van der Waals surface area contributed by atoms with Gasteiger partial charge in [0.25, 0.3) is 0 Å². The molecule has 3 aromatic carbocycles. The summed E-state index contributed by atoms with van der Waals surface area (Å²) >= 11 is 26.4. The Labute approximate surface area is 249 Å². The summed E-state index contributed by atoms with van der Waals surface area (Å²) in [6.45, 7) is 4.16. The summed E-state index contributed by atoms with van der Waals surface area (Å²) in [4.78, 5) is 28.9. The SMILES string of the molecule is CC[C@H](C)NC(=O)[C@H](Cc1ccccc1)N(Cc1ccc(Cl)c(Cl)c1)C(=O)CSCc1c(Cl)cccc1Cl. The van der Waals surface area contributed by atoms with Crippen molar-refractivity contribution >= 4 is 70.0 Å². The van der Waals surface area contributed by atoms with Crippen LogP contribution in [-0.4, -0.2) is 34.6 Å². The van der Waals surface area contributed by atoms with Crippen molar-refractivity contribution in [2.24, 2.45) is 0 Å². The molecular formula is C29H30Cl4N2O2S. The Morgan fingerprint density at radius 1 is 0.868 bits per heavy atom. The standard InChI is InChI=1S/C29H30Cl4N2O2S/c1-3-19(2)34-29(37)27(15-20-8-5-4-6-9-20)35(16-21-12-13-25(32)26(33)14-21)28(36)18-38-17-22-23(30)10-7-11-24(22)31/h4-14,19,27H,3,15-18H2,1-2H3,(H,34,37)/t19-,27-/m0/s1. The smallest absolute Gasteiger partial charge is 0.243 e. The van der Waals surface area contributed by atoms with Gasteiger partial charge in [-0.1, -0.05) is 95.8 Å². The van der Waals surface area contributed by atoms with Crippen LogP contribution in [0.2, 0.25) is 20.1 Å². The molecule has 0 aromatic heterocycles. The van der Waals surface area contributed by atoms with E-state index >= 15 is 0 Å². The van der Waals surface area contributed by atoms with E-state index in [4.69, 9.17) is 46.4 Å². The van der Waals surface area contributed by atoms with Crippen molar-refractivity contribution in [2.75, 3.05) is 5.75 Å². The normalized spacial score (nSPS) is 12.6. The highest BCUT2D eigenvalue weighted by Crippen LogP contribution is 2.29. The van der Waals surface area contributed by atoms with E-state index in [0.717, 1.165) is 23.1 Å². The zero-order chi connectivity index (χ0) is 27.7. The van der Waals surface area contributed by atoms with Gasteiger partial charge in [-0.25, -0.2) is 0 Å². The van der Waals surface area contributed by atoms with Gasteiger partial charge in [0.05, 0.1) is 15.8 Å². The third-order valence-electron chi connectivity index (χ3n) is 6.14. The van der Waals surface area contributed by atoms with Crippen molar-refractivity contribution in [2.45, 2.75) is 51.1 Å². The lowest BCUT2D eigenvalue weighted by Gasteiger charge is -2.32. The zero-order valence-corrected chi connectivity index (χ0v) is 25.1. The molecule has 0 spiro atoms. The van der Waals surface area contributed by atoms with Crippen molar-refractivity contribution in [3.05, 3.63) is 104 Å². The highest BCUT2D eigenvalue weighted by molar-refractivity contribution is 7.99. The molecule has 0 aliphatic carbocycles. The van der Waals surface area contributed by atoms with Gasteiger partial charge in [0.2, 0.25) is 11.8 Å². The predicted molar refractivity (Wildman–Crippen MR) is 161 cm³/mol. The molecule has 38 heavy (non-hydrogen) atoms. The molecule has 0 aliphatic heterocycles. The second-order valence-corrected chi connectivity index (χ2v) is 11.6. The second kappa shape index (κ2) is 15.0. The first-order valence-corrected chi connectivity index (χ1v) is 14.9. The van der Waals surface area contributed by atoms with Crippen LogP contribution in [0.4, 0.5) is 0 Å². The van der Waals surface area contributed by atoms with Crippen molar-refractivity contribution in [1.29, 1.82) is 0 Å². The van der Waals surface area contributed by atoms with Gasteiger partial charge < -0.3 is 10.2 Å². The molecule has 2 amide bonds. The minimum absolute atomic E-state index is 0.0283. The molecule has 0 saturated carbocycles. The Morgan fingerprint density at radius 2 is 1.55 bits per heavy atom. The maximum Gasteiger partial charge on any atom is 0.243 e. The largest absolute Gasteiger partial charge is 0.352 e. The zero-order valence-electron chi connectivity index (χ0n) is 21.2. The summed E-state index contributed by atoms with van der Waals surface area (Å²) in [5.74, 6) is 0.234. The fraction of sp³-hybridized carbons (Fsp3) is 0.310. The van der Waals surface area contributed by atoms with Gasteiger partial charge in [0, 0.05) is 34.8 Å². The number of amides is 2. The number of rotatable bonds is 12. The number of nitrogens with one attached hydrogen (secondary N) is 1. The van der Waals surface area contributed by atoms with Crippen LogP contribution >= 0.6 is 58.2 Å². The fourth-order valence-electron chi connectivity index (χ4n) is 3.82. The molecule has 0 radical (unpaired) electrons. The van der Waals surface area contributed by atoms with E-state index in [1.807, 2.05) is 50.2 Å². The number of hydrogen-bond acceptors (Lipinski definition) is 3. The van der Waals surface area contributed by atoms with Crippen molar-refractivity contribution in [1.82, 2.24) is 10.2 Å². The molecule has 0 heterocycles. The van der Waals surface area contributed by atoms with Crippen LogP contribution in [0.15, 0.2) is 66.7 Å². The van der Waals surface area contributed by atoms with Gasteiger partial charge in [-0.15, -0.1) is 11.8 Å². The molecule has 3 aromatic rings.